The maximum absolute atomic E-state index is 13.4. The number of rotatable bonds is 2. The van der Waals surface area contributed by atoms with Crippen molar-refractivity contribution in [2.24, 2.45) is 0 Å². The zero-order valence-corrected chi connectivity index (χ0v) is 7.70. The molecule has 0 radical (unpaired) electrons. The third kappa shape index (κ3) is 1.11. The Morgan fingerprint density at radius 1 is 1.64 bits per heavy atom. The molecule has 2 heterocycles. The lowest BCUT2D eigenvalue weighted by atomic mass is 10.3. The van der Waals surface area contributed by atoms with Crippen LogP contribution in [0.5, 0.6) is 0 Å². The second-order valence-electron chi connectivity index (χ2n) is 2.96. The Labute approximate surface area is 80.2 Å². The van der Waals surface area contributed by atoms with Crippen molar-refractivity contribution in [3.8, 4) is 0 Å². The average Bonchev–Trinajstić information content (AvgIpc) is 2.57. The van der Waals surface area contributed by atoms with Gasteiger partial charge in [-0.25, -0.2) is 9.37 Å². The highest BCUT2D eigenvalue weighted by atomic mass is 19.1. The molecular formula is C10H9FN2O. The van der Waals surface area contributed by atoms with Crippen LogP contribution in [0.15, 0.2) is 18.3 Å². The van der Waals surface area contributed by atoms with Gasteiger partial charge in [0, 0.05) is 12.6 Å². The minimum Gasteiger partial charge on any atom is -0.300 e. The zero-order chi connectivity index (χ0) is 10.1. The first-order valence-corrected chi connectivity index (χ1v) is 4.38. The van der Waals surface area contributed by atoms with E-state index < -0.39 is 5.82 Å². The van der Waals surface area contributed by atoms with Gasteiger partial charge in [0.25, 0.3) is 0 Å². The molecule has 0 saturated heterocycles. The van der Waals surface area contributed by atoms with Crippen LogP contribution in [0, 0.1) is 5.82 Å². The van der Waals surface area contributed by atoms with Crippen LogP contribution in [0.25, 0.3) is 5.52 Å². The Hall–Kier alpha value is -1.71. The van der Waals surface area contributed by atoms with Gasteiger partial charge in [-0.2, -0.15) is 0 Å². The van der Waals surface area contributed by atoms with Gasteiger partial charge >= 0.3 is 0 Å². The molecule has 0 aliphatic rings. The highest BCUT2D eigenvalue weighted by Gasteiger charge is 2.12. The molecule has 0 aromatic carbocycles. The molecule has 0 fully saturated rings. The summed E-state index contributed by atoms with van der Waals surface area (Å²) in [5.41, 5.74) is 0.430. The summed E-state index contributed by atoms with van der Waals surface area (Å²) >= 11 is 0. The molecule has 4 heteroatoms. The number of aromatic nitrogens is 2. The second kappa shape index (κ2) is 3.21. The molecule has 0 amide bonds. The van der Waals surface area contributed by atoms with Gasteiger partial charge in [-0.15, -0.1) is 0 Å². The summed E-state index contributed by atoms with van der Waals surface area (Å²) in [6, 6.07) is 2.92. The molecule has 2 rings (SSSR count). The Morgan fingerprint density at radius 3 is 3.07 bits per heavy atom. The van der Waals surface area contributed by atoms with Gasteiger partial charge in [0.05, 0.1) is 0 Å². The number of hydrogen-bond acceptors (Lipinski definition) is 2. The lowest BCUT2D eigenvalue weighted by Gasteiger charge is -1.97. The predicted octanol–water partition coefficient (Wildman–Crippen LogP) is 1.85. The number of imidazole rings is 1. The minimum absolute atomic E-state index is 0.167. The lowest BCUT2D eigenvalue weighted by molar-refractivity contribution is 0.112. The first-order chi connectivity index (χ1) is 6.77. The summed E-state index contributed by atoms with van der Waals surface area (Å²) in [4.78, 5) is 14.7. The molecule has 0 N–H and O–H groups in total. The summed E-state index contributed by atoms with van der Waals surface area (Å²) < 4.78 is 15.0. The molecule has 0 aliphatic heterocycles. The van der Waals surface area contributed by atoms with Gasteiger partial charge in [-0.05, 0) is 12.1 Å². The van der Waals surface area contributed by atoms with Crippen molar-refractivity contribution in [2.45, 2.75) is 13.3 Å². The van der Waals surface area contributed by atoms with Crippen LogP contribution in [-0.4, -0.2) is 15.7 Å². The van der Waals surface area contributed by atoms with Crippen molar-refractivity contribution in [3.05, 3.63) is 35.7 Å². The average molecular weight is 192 g/mol. The van der Waals surface area contributed by atoms with Crippen LogP contribution in [0.1, 0.15) is 23.2 Å². The smallest absolute Gasteiger partial charge is 0.170 e. The molecule has 2 aromatic rings. The summed E-state index contributed by atoms with van der Waals surface area (Å²) in [6.07, 6.45) is 2.95. The number of aryl methyl sites for hydroxylation is 1. The monoisotopic (exact) mass is 192 g/mol. The van der Waals surface area contributed by atoms with E-state index >= 15 is 0 Å². The van der Waals surface area contributed by atoms with Crippen LogP contribution in [-0.2, 0) is 6.42 Å². The van der Waals surface area contributed by atoms with Crippen LogP contribution in [0.3, 0.4) is 0 Å². The normalized spacial score (nSPS) is 10.7. The van der Waals surface area contributed by atoms with Gasteiger partial charge in [0.15, 0.2) is 6.29 Å². The maximum Gasteiger partial charge on any atom is 0.170 e. The molecule has 0 spiro atoms. The first-order valence-electron chi connectivity index (χ1n) is 4.38. The molecular weight excluding hydrogens is 183 g/mol. The van der Waals surface area contributed by atoms with Crippen LogP contribution >= 0.6 is 0 Å². The van der Waals surface area contributed by atoms with Crippen molar-refractivity contribution in [1.29, 1.82) is 0 Å². The van der Waals surface area contributed by atoms with Gasteiger partial charge in [-0.1, -0.05) is 6.92 Å². The van der Waals surface area contributed by atoms with Crippen molar-refractivity contribution in [1.82, 2.24) is 9.38 Å². The summed E-state index contributed by atoms with van der Waals surface area (Å²) in [6.45, 7) is 1.91. The molecule has 0 unspecified atom stereocenters. The maximum atomic E-state index is 13.4. The number of nitrogens with zero attached hydrogens (tertiary/aromatic N) is 2. The second-order valence-corrected chi connectivity index (χ2v) is 2.96. The number of fused-ring (bicyclic) bond motifs is 1. The van der Waals surface area contributed by atoms with Crippen LogP contribution < -0.4 is 0 Å². The van der Waals surface area contributed by atoms with Crippen molar-refractivity contribution in [3.63, 3.8) is 0 Å². The number of carbonyl (C=O) groups excluding carboxylic acids is 1. The number of pyridine rings is 1. The molecule has 3 nitrogen and oxygen atoms in total. The van der Waals surface area contributed by atoms with Crippen LogP contribution in [0.4, 0.5) is 4.39 Å². The first kappa shape index (κ1) is 8.87. The number of aldehydes is 1. The summed E-state index contributed by atoms with van der Waals surface area (Å²) in [5.74, 6) is 0.281. The molecule has 0 saturated carbocycles. The molecule has 0 bridgehead atoms. The lowest BCUT2D eigenvalue weighted by Crippen LogP contribution is -1.92. The van der Waals surface area contributed by atoms with E-state index in [1.54, 1.807) is 16.7 Å². The van der Waals surface area contributed by atoms with E-state index in [0.29, 0.717) is 18.5 Å². The Morgan fingerprint density at radius 2 is 2.43 bits per heavy atom. The fourth-order valence-corrected chi connectivity index (χ4v) is 1.52. The topological polar surface area (TPSA) is 34.4 Å². The van der Waals surface area contributed by atoms with E-state index in [1.165, 1.54) is 6.07 Å². The van der Waals surface area contributed by atoms with E-state index in [4.69, 9.17) is 0 Å². The van der Waals surface area contributed by atoms with Gasteiger partial charge < -0.3 is 4.40 Å². The van der Waals surface area contributed by atoms with E-state index in [-0.39, 0.29) is 11.2 Å². The van der Waals surface area contributed by atoms with Gasteiger partial charge in [-0.3, -0.25) is 4.79 Å². The van der Waals surface area contributed by atoms with Crippen molar-refractivity contribution in [2.75, 3.05) is 0 Å². The molecule has 14 heavy (non-hydrogen) atoms. The Balaban J connectivity index is 2.89. The highest BCUT2D eigenvalue weighted by molar-refractivity contribution is 5.84. The van der Waals surface area contributed by atoms with Crippen molar-refractivity contribution < 1.29 is 9.18 Å². The van der Waals surface area contributed by atoms with E-state index in [0.717, 1.165) is 0 Å². The van der Waals surface area contributed by atoms with E-state index in [1.807, 2.05) is 6.92 Å². The standard InChI is InChI=1S/C10H9FN2O/c1-2-9-12-8(6-14)10-7(11)4-3-5-13(9)10/h3-6H,2H2,1H3. The molecule has 72 valence electrons. The minimum atomic E-state index is -0.415. The third-order valence-corrected chi connectivity index (χ3v) is 2.14. The Kier molecular flexibility index (Phi) is 2.04. The fourth-order valence-electron chi connectivity index (χ4n) is 1.52. The van der Waals surface area contributed by atoms with Crippen LogP contribution in [0.2, 0.25) is 0 Å². The van der Waals surface area contributed by atoms with Crippen molar-refractivity contribution >= 4 is 11.8 Å². The third-order valence-electron chi connectivity index (χ3n) is 2.14. The summed E-state index contributed by atoms with van der Waals surface area (Å²) in [7, 11) is 0. The molecule has 0 aliphatic carbocycles. The largest absolute Gasteiger partial charge is 0.300 e. The molecule has 0 atom stereocenters. The van der Waals surface area contributed by atoms with E-state index in [9.17, 15) is 9.18 Å². The zero-order valence-electron chi connectivity index (χ0n) is 7.70. The fraction of sp³-hybridized carbons (Fsp3) is 0.200. The SMILES string of the molecule is CCc1nc(C=O)c2c(F)cccn12. The van der Waals surface area contributed by atoms with Gasteiger partial charge in [0.1, 0.15) is 22.9 Å². The Bertz CT molecular complexity index is 490. The number of carbonyl (C=O) groups is 1. The highest BCUT2D eigenvalue weighted by Crippen LogP contribution is 2.15. The number of hydrogen-bond donors (Lipinski definition) is 0. The molecule has 2 aromatic heterocycles. The van der Waals surface area contributed by atoms with E-state index in [2.05, 4.69) is 4.98 Å². The summed E-state index contributed by atoms with van der Waals surface area (Å²) in [5, 5.41) is 0. The quantitative estimate of drug-likeness (QED) is 0.680. The number of halogens is 1. The van der Waals surface area contributed by atoms with Gasteiger partial charge in [0.2, 0.25) is 0 Å². The predicted molar refractivity (Wildman–Crippen MR) is 49.9 cm³/mol.